The minimum absolute atomic E-state index is 0.0622. The zero-order valence-corrected chi connectivity index (χ0v) is 15.0. The van der Waals surface area contributed by atoms with Crippen molar-refractivity contribution < 1.29 is 18.0 Å². The molecule has 7 heteroatoms. The number of rotatable bonds is 4. The minimum Gasteiger partial charge on any atom is -0.273 e. The number of carbonyl (C=O) groups excluding carboxylic acids is 2. The number of hydrogen-bond donors (Lipinski definition) is 2. The second-order valence-electron chi connectivity index (χ2n) is 7.58. The number of hydrazine groups is 1. The molecule has 0 spiro atoms. The molecule has 0 bridgehead atoms. The van der Waals surface area contributed by atoms with Gasteiger partial charge >= 0.3 is 0 Å². The summed E-state index contributed by atoms with van der Waals surface area (Å²) in [5.74, 6) is -0.422. The molecule has 3 atom stereocenters. The van der Waals surface area contributed by atoms with Crippen LogP contribution >= 0.6 is 0 Å². The van der Waals surface area contributed by atoms with E-state index in [4.69, 9.17) is 0 Å². The van der Waals surface area contributed by atoms with Crippen LogP contribution in [0.1, 0.15) is 40.5 Å². The van der Waals surface area contributed by atoms with Crippen LogP contribution in [0, 0.1) is 23.2 Å². The van der Waals surface area contributed by atoms with Gasteiger partial charge in [-0.25, -0.2) is 8.42 Å². The van der Waals surface area contributed by atoms with E-state index < -0.39 is 9.84 Å². The molecular formula is C16H26N2O4S. The van der Waals surface area contributed by atoms with Crippen molar-refractivity contribution in [2.75, 3.05) is 11.5 Å². The van der Waals surface area contributed by atoms with Crippen molar-refractivity contribution in [3.8, 4) is 0 Å². The minimum atomic E-state index is -2.98. The summed E-state index contributed by atoms with van der Waals surface area (Å²) in [5, 5.41) is 0. The van der Waals surface area contributed by atoms with E-state index in [0.717, 1.165) is 0 Å². The summed E-state index contributed by atoms with van der Waals surface area (Å²) in [5.41, 5.74) is 5.96. The molecule has 0 aromatic carbocycles. The fourth-order valence-electron chi connectivity index (χ4n) is 3.40. The Morgan fingerprint density at radius 1 is 1.22 bits per heavy atom. The molecule has 23 heavy (non-hydrogen) atoms. The third-order valence-electron chi connectivity index (χ3n) is 4.83. The van der Waals surface area contributed by atoms with Gasteiger partial charge < -0.3 is 0 Å². The molecule has 0 aromatic heterocycles. The molecule has 130 valence electrons. The summed E-state index contributed by atoms with van der Waals surface area (Å²) < 4.78 is 22.7. The lowest BCUT2D eigenvalue weighted by Gasteiger charge is -2.10. The number of sulfone groups is 1. The number of nitrogens with one attached hydrogen (secondary N) is 2. The largest absolute Gasteiger partial charge is 0.273 e. The third-order valence-corrected chi connectivity index (χ3v) is 6.67. The van der Waals surface area contributed by atoms with E-state index >= 15 is 0 Å². The standard InChI is InChI=1S/C16H26N2O4S/c1-10(2)7-12-14(16(12,3)4)15(20)18-17-13(19)8-11-5-6-23(21,22)9-11/h7,11-12,14H,5-6,8-9H2,1-4H3,(H,17,19)(H,18,20)/t11-,12-,14+/m1/s1. The van der Waals surface area contributed by atoms with Gasteiger partial charge in [-0.15, -0.1) is 0 Å². The number of amides is 2. The zero-order chi connectivity index (χ0) is 17.4. The highest BCUT2D eigenvalue weighted by atomic mass is 32.2. The summed E-state index contributed by atoms with van der Waals surface area (Å²) in [6.07, 6.45) is 2.74. The third kappa shape index (κ3) is 4.34. The molecule has 1 aliphatic carbocycles. The Kier molecular flexibility index (Phi) is 4.89. The van der Waals surface area contributed by atoms with E-state index in [-0.39, 0.29) is 52.9 Å². The molecule has 2 amide bonds. The first-order valence-electron chi connectivity index (χ1n) is 7.97. The smallest absolute Gasteiger partial charge is 0.242 e. The van der Waals surface area contributed by atoms with Crippen LogP contribution in [-0.2, 0) is 19.4 Å². The van der Waals surface area contributed by atoms with Gasteiger partial charge in [0.1, 0.15) is 0 Å². The van der Waals surface area contributed by atoms with Gasteiger partial charge in [-0.05, 0) is 37.5 Å². The predicted molar refractivity (Wildman–Crippen MR) is 87.9 cm³/mol. The van der Waals surface area contributed by atoms with E-state index in [1.807, 2.05) is 27.7 Å². The molecule has 1 saturated heterocycles. The predicted octanol–water partition coefficient (Wildman–Crippen LogP) is 1.20. The van der Waals surface area contributed by atoms with Crippen LogP contribution in [0.2, 0.25) is 0 Å². The second-order valence-corrected chi connectivity index (χ2v) is 9.81. The SMILES string of the molecule is CC(C)=C[C@@H]1[C@@H](C(=O)NNC(=O)C[C@H]2CCS(=O)(=O)C2)C1(C)C. The molecule has 1 saturated carbocycles. The van der Waals surface area contributed by atoms with E-state index in [1.54, 1.807) is 0 Å². The van der Waals surface area contributed by atoms with Crippen LogP contribution in [0.15, 0.2) is 11.6 Å². The zero-order valence-electron chi connectivity index (χ0n) is 14.2. The summed E-state index contributed by atoms with van der Waals surface area (Å²) in [6, 6.07) is 0. The maximum atomic E-state index is 12.2. The van der Waals surface area contributed by atoms with Crippen LogP contribution in [0.4, 0.5) is 0 Å². The molecule has 6 nitrogen and oxygen atoms in total. The van der Waals surface area contributed by atoms with Crippen molar-refractivity contribution in [2.24, 2.45) is 23.2 Å². The van der Waals surface area contributed by atoms with E-state index in [2.05, 4.69) is 16.9 Å². The Hall–Kier alpha value is -1.37. The summed E-state index contributed by atoms with van der Waals surface area (Å²) in [7, 11) is -2.98. The van der Waals surface area contributed by atoms with Crippen LogP contribution in [-0.4, -0.2) is 31.7 Å². The number of hydrogen-bond acceptors (Lipinski definition) is 4. The van der Waals surface area contributed by atoms with Gasteiger partial charge in [-0.3, -0.25) is 20.4 Å². The van der Waals surface area contributed by atoms with Gasteiger partial charge in [0.05, 0.1) is 17.4 Å². The lowest BCUT2D eigenvalue weighted by molar-refractivity contribution is -0.130. The van der Waals surface area contributed by atoms with Crippen molar-refractivity contribution in [3.63, 3.8) is 0 Å². The molecule has 2 rings (SSSR count). The van der Waals surface area contributed by atoms with Crippen molar-refractivity contribution >= 4 is 21.7 Å². The molecular weight excluding hydrogens is 316 g/mol. The van der Waals surface area contributed by atoms with E-state index in [1.165, 1.54) is 5.57 Å². The Labute approximate surface area is 138 Å². The normalized spacial score (nSPS) is 30.3. The van der Waals surface area contributed by atoms with Gasteiger partial charge in [0, 0.05) is 6.42 Å². The Morgan fingerprint density at radius 2 is 1.87 bits per heavy atom. The highest BCUT2D eigenvalue weighted by Crippen LogP contribution is 2.59. The first kappa shape index (κ1) is 18.0. The number of carbonyl (C=O) groups is 2. The topological polar surface area (TPSA) is 92.3 Å². The molecule has 0 unspecified atom stereocenters. The Morgan fingerprint density at radius 3 is 2.39 bits per heavy atom. The molecule has 2 N–H and O–H groups in total. The highest BCUT2D eigenvalue weighted by molar-refractivity contribution is 7.91. The van der Waals surface area contributed by atoms with Crippen molar-refractivity contribution in [3.05, 3.63) is 11.6 Å². The monoisotopic (exact) mass is 342 g/mol. The quantitative estimate of drug-likeness (QED) is 0.593. The highest BCUT2D eigenvalue weighted by Gasteiger charge is 2.60. The van der Waals surface area contributed by atoms with Gasteiger partial charge in [0.25, 0.3) is 0 Å². The molecule has 1 aliphatic heterocycles. The van der Waals surface area contributed by atoms with Crippen LogP contribution in [0.3, 0.4) is 0 Å². The molecule has 2 aliphatic rings. The first-order valence-corrected chi connectivity index (χ1v) is 9.79. The van der Waals surface area contributed by atoms with Crippen molar-refractivity contribution in [1.29, 1.82) is 0 Å². The maximum Gasteiger partial charge on any atom is 0.242 e. The van der Waals surface area contributed by atoms with Gasteiger partial charge in [-0.2, -0.15) is 0 Å². The maximum absolute atomic E-state index is 12.2. The fourth-order valence-corrected chi connectivity index (χ4v) is 5.27. The first-order chi connectivity index (χ1) is 10.5. The van der Waals surface area contributed by atoms with E-state index in [0.29, 0.717) is 6.42 Å². The molecule has 1 heterocycles. The fraction of sp³-hybridized carbons (Fsp3) is 0.750. The van der Waals surface area contributed by atoms with Gasteiger partial charge in [-0.1, -0.05) is 25.5 Å². The van der Waals surface area contributed by atoms with Crippen LogP contribution in [0.5, 0.6) is 0 Å². The van der Waals surface area contributed by atoms with Crippen LogP contribution in [0.25, 0.3) is 0 Å². The van der Waals surface area contributed by atoms with E-state index in [9.17, 15) is 18.0 Å². The van der Waals surface area contributed by atoms with Crippen LogP contribution < -0.4 is 10.9 Å². The van der Waals surface area contributed by atoms with Gasteiger partial charge in [0.2, 0.25) is 11.8 Å². The average Bonchev–Trinajstić information content (AvgIpc) is 2.74. The Bertz CT molecular complexity index is 632. The lowest BCUT2D eigenvalue weighted by atomic mass is 10.1. The summed E-state index contributed by atoms with van der Waals surface area (Å²) in [6.45, 7) is 8.07. The average molecular weight is 342 g/mol. The van der Waals surface area contributed by atoms with Crippen molar-refractivity contribution in [2.45, 2.75) is 40.5 Å². The summed E-state index contributed by atoms with van der Waals surface area (Å²) >= 11 is 0. The molecule has 0 aromatic rings. The number of allylic oxidation sites excluding steroid dienone is 2. The summed E-state index contributed by atoms with van der Waals surface area (Å²) in [4.78, 5) is 24.1. The lowest BCUT2D eigenvalue weighted by Crippen LogP contribution is -2.43. The van der Waals surface area contributed by atoms with Crippen molar-refractivity contribution in [1.82, 2.24) is 10.9 Å². The second kappa shape index (κ2) is 6.26. The Balaban J connectivity index is 1.79. The molecule has 0 radical (unpaired) electrons. The molecule has 2 fully saturated rings. The van der Waals surface area contributed by atoms with Gasteiger partial charge in [0.15, 0.2) is 9.84 Å².